The fraction of sp³-hybridized carbons (Fsp3) is 0.619. The number of halogens is 6. The van der Waals surface area contributed by atoms with Gasteiger partial charge in [-0.1, -0.05) is 0 Å². The zero-order valence-electron chi connectivity index (χ0n) is 19.3. The Labute approximate surface area is 201 Å². The zero-order valence-corrected chi connectivity index (χ0v) is 19.3. The number of aromatic amines is 2. The van der Waals surface area contributed by atoms with Gasteiger partial charge in [0.2, 0.25) is 11.9 Å². The number of carbonyl (C=O) groups excluding carboxylic acids is 1. The molecule has 0 saturated carbocycles. The molecule has 198 valence electrons. The van der Waals surface area contributed by atoms with E-state index in [1.165, 1.54) is 0 Å². The van der Waals surface area contributed by atoms with Crippen LogP contribution in [0.5, 0.6) is 0 Å². The van der Waals surface area contributed by atoms with Gasteiger partial charge in [-0.25, -0.2) is 10.1 Å². The molecule has 2 aromatic rings. The summed E-state index contributed by atoms with van der Waals surface area (Å²) in [6, 6.07) is 0.0937. The highest BCUT2D eigenvalue weighted by molar-refractivity contribution is 5.78. The van der Waals surface area contributed by atoms with E-state index in [0.29, 0.717) is 45.3 Å². The number of nitrogens with zero attached hydrogens (tertiary/aromatic N) is 5. The molecule has 1 amide bonds. The number of anilines is 1. The lowest BCUT2D eigenvalue weighted by Crippen LogP contribution is -2.48. The first-order valence-corrected chi connectivity index (χ1v) is 11.4. The fourth-order valence-corrected chi connectivity index (χ4v) is 4.74. The Hall–Kier alpha value is -3.10. The Bertz CT molecular complexity index is 1140. The van der Waals surface area contributed by atoms with Gasteiger partial charge in [-0.05, 0) is 38.3 Å². The van der Waals surface area contributed by atoms with E-state index in [2.05, 4.69) is 15.1 Å². The molecule has 2 aliphatic rings. The molecule has 1 atom stereocenters. The molecule has 2 aliphatic heterocycles. The second-order valence-corrected chi connectivity index (χ2v) is 9.00. The van der Waals surface area contributed by atoms with Gasteiger partial charge in [-0.3, -0.25) is 14.5 Å². The first-order chi connectivity index (χ1) is 16.8. The Morgan fingerprint density at radius 1 is 1.11 bits per heavy atom. The lowest BCUT2D eigenvalue weighted by Gasteiger charge is -2.37. The van der Waals surface area contributed by atoms with Crippen molar-refractivity contribution in [2.45, 2.75) is 50.1 Å². The molecule has 2 fully saturated rings. The van der Waals surface area contributed by atoms with Crippen molar-refractivity contribution in [3.63, 3.8) is 0 Å². The van der Waals surface area contributed by atoms with E-state index in [1.54, 1.807) is 21.7 Å². The van der Waals surface area contributed by atoms with Gasteiger partial charge < -0.3 is 14.8 Å². The third kappa shape index (κ3) is 5.50. The minimum absolute atomic E-state index is 0.0134. The van der Waals surface area contributed by atoms with Crippen LogP contribution in [0.3, 0.4) is 0 Å². The van der Waals surface area contributed by atoms with E-state index in [0.717, 1.165) is 12.3 Å². The van der Waals surface area contributed by atoms with E-state index in [1.807, 2.05) is 5.10 Å². The molecule has 0 aromatic carbocycles. The molecule has 15 heteroatoms. The SMILES string of the molecule is CN(c1ncc(C(F)(F)F)[nH]1)C1CCN(C(=O)CN2CCCC2c2cc(C(F)(F)F)c(=O)[nH]n2)CC1. The topological polar surface area (TPSA) is 101 Å². The van der Waals surface area contributed by atoms with E-state index in [9.17, 15) is 35.9 Å². The standard InChI is InChI=1S/C21H25F6N7O2/c1-32(19-28-10-16(29-19)21(25,26)27)12-4-7-33(8-5-12)17(35)11-34-6-2-3-15(34)14-9-13(20(22,23)24)18(36)31-30-14/h9-10,12,15H,2-8,11H2,1H3,(H,28,29)(H,31,36). The number of hydrogen-bond acceptors (Lipinski definition) is 6. The number of amides is 1. The highest BCUT2D eigenvalue weighted by atomic mass is 19.4. The third-order valence-corrected chi connectivity index (χ3v) is 6.74. The van der Waals surface area contributed by atoms with Crippen molar-refractivity contribution in [3.8, 4) is 0 Å². The maximum absolute atomic E-state index is 13.1. The van der Waals surface area contributed by atoms with Gasteiger partial charge in [0.15, 0.2) is 0 Å². The van der Waals surface area contributed by atoms with Gasteiger partial charge in [0, 0.05) is 26.2 Å². The lowest BCUT2D eigenvalue weighted by molar-refractivity contribution is -0.141. The van der Waals surface area contributed by atoms with Crippen molar-refractivity contribution in [1.29, 1.82) is 0 Å². The average Bonchev–Trinajstić information content (AvgIpc) is 3.48. The summed E-state index contributed by atoms with van der Waals surface area (Å²) in [4.78, 5) is 35.6. The first kappa shape index (κ1) is 26.0. The number of piperidine rings is 1. The molecule has 1 unspecified atom stereocenters. The molecule has 0 radical (unpaired) electrons. The number of alkyl halides is 6. The Balaban J connectivity index is 1.35. The molecule has 4 rings (SSSR count). The van der Waals surface area contributed by atoms with Crippen LogP contribution in [0.15, 0.2) is 17.1 Å². The van der Waals surface area contributed by atoms with Crippen molar-refractivity contribution in [3.05, 3.63) is 39.6 Å². The summed E-state index contributed by atoms with van der Waals surface area (Å²) in [7, 11) is 1.64. The molecular weight excluding hydrogens is 496 g/mol. The minimum Gasteiger partial charge on any atom is -0.342 e. The van der Waals surface area contributed by atoms with Crippen LogP contribution in [0.1, 0.15) is 48.7 Å². The normalized spacial score (nSPS) is 20.2. The van der Waals surface area contributed by atoms with Crippen LogP contribution in [0.4, 0.5) is 32.3 Å². The zero-order chi connectivity index (χ0) is 26.3. The highest BCUT2D eigenvalue weighted by Gasteiger charge is 2.38. The van der Waals surface area contributed by atoms with Gasteiger partial charge in [-0.15, -0.1) is 0 Å². The quantitative estimate of drug-likeness (QED) is 0.587. The Kier molecular flexibility index (Phi) is 7.03. The van der Waals surface area contributed by atoms with Gasteiger partial charge >= 0.3 is 12.4 Å². The van der Waals surface area contributed by atoms with Crippen molar-refractivity contribution < 1.29 is 31.1 Å². The van der Waals surface area contributed by atoms with Gasteiger partial charge in [0.05, 0.1) is 24.5 Å². The second-order valence-electron chi connectivity index (χ2n) is 9.00. The molecular formula is C21H25F6N7O2. The molecule has 2 N–H and O–H groups in total. The molecule has 0 aliphatic carbocycles. The molecule has 9 nitrogen and oxygen atoms in total. The predicted octanol–water partition coefficient (Wildman–Crippen LogP) is 2.79. The molecule has 2 saturated heterocycles. The number of aromatic nitrogens is 4. The number of H-pyrrole nitrogens is 2. The minimum atomic E-state index is -4.81. The van der Waals surface area contributed by atoms with Crippen molar-refractivity contribution in [1.82, 2.24) is 30.0 Å². The molecule has 0 bridgehead atoms. The maximum atomic E-state index is 13.1. The van der Waals surface area contributed by atoms with Crippen LogP contribution < -0.4 is 10.5 Å². The summed E-state index contributed by atoms with van der Waals surface area (Å²) in [6.45, 7) is 1.25. The van der Waals surface area contributed by atoms with Crippen LogP contribution in [0.2, 0.25) is 0 Å². The van der Waals surface area contributed by atoms with Crippen molar-refractivity contribution in [2.75, 3.05) is 38.1 Å². The molecule has 2 aromatic heterocycles. The molecule has 0 spiro atoms. The highest BCUT2D eigenvalue weighted by Crippen LogP contribution is 2.34. The summed E-state index contributed by atoms with van der Waals surface area (Å²) < 4.78 is 77.9. The number of likely N-dealkylation sites (tertiary alicyclic amines) is 2. The van der Waals surface area contributed by atoms with Crippen LogP contribution >= 0.6 is 0 Å². The monoisotopic (exact) mass is 521 g/mol. The van der Waals surface area contributed by atoms with E-state index >= 15 is 0 Å². The van der Waals surface area contributed by atoms with Crippen LogP contribution in [-0.2, 0) is 17.1 Å². The van der Waals surface area contributed by atoms with Gasteiger partial charge in [0.25, 0.3) is 5.56 Å². The second kappa shape index (κ2) is 9.75. The number of hydrogen-bond donors (Lipinski definition) is 2. The lowest BCUT2D eigenvalue weighted by atomic mass is 10.0. The Morgan fingerprint density at radius 3 is 2.42 bits per heavy atom. The van der Waals surface area contributed by atoms with E-state index in [-0.39, 0.29) is 30.1 Å². The van der Waals surface area contributed by atoms with Crippen LogP contribution in [0.25, 0.3) is 0 Å². The average molecular weight is 521 g/mol. The Morgan fingerprint density at radius 2 is 1.81 bits per heavy atom. The van der Waals surface area contributed by atoms with Crippen LogP contribution in [-0.4, -0.2) is 75.1 Å². The van der Waals surface area contributed by atoms with E-state index < -0.39 is 35.2 Å². The van der Waals surface area contributed by atoms with E-state index in [4.69, 9.17) is 0 Å². The summed E-state index contributed by atoms with van der Waals surface area (Å²) in [5.41, 5.74) is -3.51. The molecule has 4 heterocycles. The smallest absolute Gasteiger partial charge is 0.342 e. The predicted molar refractivity (Wildman–Crippen MR) is 115 cm³/mol. The number of imidazole rings is 1. The third-order valence-electron chi connectivity index (χ3n) is 6.74. The van der Waals surface area contributed by atoms with Gasteiger partial charge in [0.1, 0.15) is 11.3 Å². The van der Waals surface area contributed by atoms with Crippen molar-refractivity contribution in [2.24, 2.45) is 0 Å². The molecule has 36 heavy (non-hydrogen) atoms. The van der Waals surface area contributed by atoms with Crippen LogP contribution in [0, 0.1) is 0 Å². The fourth-order valence-electron chi connectivity index (χ4n) is 4.74. The summed E-state index contributed by atoms with van der Waals surface area (Å²) >= 11 is 0. The summed E-state index contributed by atoms with van der Waals surface area (Å²) in [6.07, 6.45) is -6.39. The van der Waals surface area contributed by atoms with Gasteiger partial charge in [-0.2, -0.15) is 31.4 Å². The number of nitrogens with one attached hydrogen (secondary N) is 2. The summed E-state index contributed by atoms with van der Waals surface area (Å²) in [5.74, 6) is -0.0977. The number of carbonyl (C=O) groups is 1. The largest absolute Gasteiger partial charge is 0.432 e. The van der Waals surface area contributed by atoms with Crippen molar-refractivity contribution >= 4 is 11.9 Å². The number of rotatable bonds is 5. The first-order valence-electron chi connectivity index (χ1n) is 11.4. The maximum Gasteiger partial charge on any atom is 0.432 e. The summed E-state index contributed by atoms with van der Waals surface area (Å²) in [5, 5.41) is 5.70.